The molecule has 2 N–H and O–H groups in total. The van der Waals surface area contributed by atoms with Crippen molar-refractivity contribution >= 4 is 16.8 Å². The maximum Gasteiger partial charge on any atom is 0.422 e. The fourth-order valence-electron chi connectivity index (χ4n) is 2.29. The van der Waals surface area contributed by atoms with Gasteiger partial charge in [0.25, 0.3) is 5.91 Å². The van der Waals surface area contributed by atoms with Gasteiger partial charge in [-0.05, 0) is 29.8 Å². The molecule has 1 aromatic carbocycles. The van der Waals surface area contributed by atoms with E-state index in [0.29, 0.717) is 22.0 Å². The average molecular weight is 347 g/mol. The zero-order chi connectivity index (χ0) is 18.0. The van der Waals surface area contributed by atoms with Gasteiger partial charge < -0.3 is 10.5 Å². The summed E-state index contributed by atoms with van der Waals surface area (Å²) in [6, 6.07) is 9.24. The van der Waals surface area contributed by atoms with Crippen molar-refractivity contribution in [2.75, 3.05) is 6.61 Å². The Kier molecular flexibility index (Phi) is 4.26. The Hall–Kier alpha value is -3.16. The van der Waals surface area contributed by atoms with Crippen LogP contribution in [0.1, 0.15) is 10.5 Å². The molecule has 8 heteroatoms. The van der Waals surface area contributed by atoms with E-state index in [4.69, 9.17) is 5.73 Å². The van der Waals surface area contributed by atoms with Gasteiger partial charge in [-0.3, -0.25) is 9.78 Å². The molecule has 25 heavy (non-hydrogen) atoms. The van der Waals surface area contributed by atoms with E-state index in [1.807, 2.05) is 0 Å². The molecule has 0 bridgehead atoms. The summed E-state index contributed by atoms with van der Waals surface area (Å²) in [5.41, 5.74) is 7.20. The minimum atomic E-state index is -4.40. The number of carbonyl (C=O) groups is 1. The topological polar surface area (TPSA) is 78.1 Å². The van der Waals surface area contributed by atoms with E-state index < -0.39 is 18.7 Å². The lowest BCUT2D eigenvalue weighted by Crippen LogP contribution is -2.19. The SMILES string of the molecule is NC(=O)c1ccc2cncc(-c3ccc(OCC(F)(F)F)cc3)c2n1. The molecule has 1 amide bonds. The number of ether oxygens (including phenoxy) is 1. The van der Waals surface area contributed by atoms with Crippen LogP contribution in [0.4, 0.5) is 13.2 Å². The molecule has 0 fully saturated rings. The van der Waals surface area contributed by atoms with Crippen LogP contribution in [-0.4, -0.2) is 28.7 Å². The fourth-order valence-corrected chi connectivity index (χ4v) is 2.29. The second-order valence-corrected chi connectivity index (χ2v) is 5.25. The molecule has 0 aliphatic carbocycles. The first-order valence-corrected chi connectivity index (χ1v) is 7.18. The number of nitrogens with two attached hydrogens (primary N) is 1. The van der Waals surface area contributed by atoms with Gasteiger partial charge in [-0.25, -0.2) is 4.98 Å². The normalized spacial score (nSPS) is 11.5. The molecule has 0 aliphatic rings. The number of pyridine rings is 2. The number of hydrogen-bond acceptors (Lipinski definition) is 4. The van der Waals surface area contributed by atoms with Crippen LogP contribution in [0.25, 0.3) is 22.0 Å². The predicted molar refractivity (Wildman–Crippen MR) is 85.0 cm³/mol. The number of alkyl halides is 3. The molecule has 2 heterocycles. The molecule has 0 saturated carbocycles. The van der Waals surface area contributed by atoms with Crippen LogP contribution >= 0.6 is 0 Å². The Balaban J connectivity index is 1.96. The van der Waals surface area contributed by atoms with Crippen molar-refractivity contribution in [2.24, 2.45) is 5.73 Å². The number of primary amides is 1. The second-order valence-electron chi connectivity index (χ2n) is 5.25. The Bertz CT molecular complexity index is 925. The summed E-state index contributed by atoms with van der Waals surface area (Å²) in [6.45, 7) is -1.36. The molecule has 128 valence electrons. The van der Waals surface area contributed by atoms with Gasteiger partial charge in [0.1, 0.15) is 11.4 Å². The van der Waals surface area contributed by atoms with E-state index in [0.717, 1.165) is 0 Å². The number of carbonyl (C=O) groups excluding carboxylic acids is 1. The molecule has 0 saturated heterocycles. The van der Waals surface area contributed by atoms with Gasteiger partial charge in [-0.1, -0.05) is 12.1 Å². The Morgan fingerprint density at radius 3 is 2.44 bits per heavy atom. The van der Waals surface area contributed by atoms with Gasteiger partial charge in [0.2, 0.25) is 0 Å². The highest BCUT2D eigenvalue weighted by molar-refractivity contribution is 5.97. The van der Waals surface area contributed by atoms with E-state index in [9.17, 15) is 18.0 Å². The number of halogens is 3. The van der Waals surface area contributed by atoms with Crippen molar-refractivity contribution in [1.29, 1.82) is 0 Å². The quantitative estimate of drug-likeness (QED) is 0.785. The average Bonchev–Trinajstić information content (AvgIpc) is 2.59. The molecule has 0 spiro atoms. The Morgan fingerprint density at radius 1 is 1.08 bits per heavy atom. The molecule has 3 rings (SSSR count). The van der Waals surface area contributed by atoms with Crippen LogP contribution in [0.5, 0.6) is 5.75 Å². The molecular weight excluding hydrogens is 335 g/mol. The van der Waals surface area contributed by atoms with Crippen molar-refractivity contribution in [3.8, 4) is 16.9 Å². The van der Waals surface area contributed by atoms with E-state index in [2.05, 4.69) is 14.7 Å². The Morgan fingerprint density at radius 2 is 1.80 bits per heavy atom. The Labute approximate surface area is 140 Å². The monoisotopic (exact) mass is 347 g/mol. The minimum Gasteiger partial charge on any atom is -0.484 e. The van der Waals surface area contributed by atoms with Crippen molar-refractivity contribution < 1.29 is 22.7 Å². The van der Waals surface area contributed by atoms with Crippen molar-refractivity contribution in [2.45, 2.75) is 6.18 Å². The molecule has 0 aliphatic heterocycles. The third-order valence-corrected chi connectivity index (χ3v) is 3.42. The maximum absolute atomic E-state index is 12.2. The number of nitrogens with zero attached hydrogens (tertiary/aromatic N) is 2. The summed E-state index contributed by atoms with van der Waals surface area (Å²) in [7, 11) is 0. The molecule has 5 nitrogen and oxygen atoms in total. The molecule has 0 atom stereocenters. The molecule has 0 unspecified atom stereocenters. The maximum atomic E-state index is 12.2. The van der Waals surface area contributed by atoms with Gasteiger partial charge >= 0.3 is 6.18 Å². The third kappa shape index (κ3) is 3.85. The second kappa shape index (κ2) is 6.39. The lowest BCUT2D eigenvalue weighted by atomic mass is 10.0. The van der Waals surface area contributed by atoms with Crippen molar-refractivity contribution in [3.05, 3.63) is 54.5 Å². The summed E-state index contributed by atoms with van der Waals surface area (Å²) in [5, 5.41) is 0.708. The lowest BCUT2D eigenvalue weighted by molar-refractivity contribution is -0.153. The summed E-state index contributed by atoms with van der Waals surface area (Å²) >= 11 is 0. The third-order valence-electron chi connectivity index (χ3n) is 3.42. The van der Waals surface area contributed by atoms with Crippen LogP contribution < -0.4 is 10.5 Å². The van der Waals surface area contributed by atoms with Crippen molar-refractivity contribution in [3.63, 3.8) is 0 Å². The van der Waals surface area contributed by atoms with Gasteiger partial charge in [0.05, 0.1) is 5.52 Å². The molecule has 2 aromatic heterocycles. The zero-order valence-electron chi connectivity index (χ0n) is 12.7. The first-order chi connectivity index (χ1) is 11.8. The number of fused-ring (bicyclic) bond motifs is 1. The highest BCUT2D eigenvalue weighted by Crippen LogP contribution is 2.28. The molecular formula is C17H12F3N3O2. The summed E-state index contributed by atoms with van der Waals surface area (Å²) in [6.07, 6.45) is -1.24. The first kappa shape index (κ1) is 16.7. The van der Waals surface area contributed by atoms with Gasteiger partial charge in [-0.15, -0.1) is 0 Å². The highest BCUT2D eigenvalue weighted by atomic mass is 19.4. The van der Waals surface area contributed by atoms with Gasteiger partial charge in [0.15, 0.2) is 6.61 Å². The van der Waals surface area contributed by atoms with Crippen LogP contribution in [0.15, 0.2) is 48.8 Å². The summed E-state index contributed by atoms with van der Waals surface area (Å²) < 4.78 is 41.2. The molecule has 3 aromatic rings. The number of benzene rings is 1. The van der Waals surface area contributed by atoms with Crippen LogP contribution in [0.2, 0.25) is 0 Å². The van der Waals surface area contributed by atoms with Gasteiger partial charge in [0, 0.05) is 23.3 Å². The summed E-state index contributed by atoms with van der Waals surface area (Å²) in [5.74, 6) is -0.555. The first-order valence-electron chi connectivity index (χ1n) is 7.18. The van der Waals surface area contributed by atoms with Crippen LogP contribution in [0, 0.1) is 0 Å². The van der Waals surface area contributed by atoms with Crippen molar-refractivity contribution in [1.82, 2.24) is 9.97 Å². The minimum absolute atomic E-state index is 0.0973. The van der Waals surface area contributed by atoms with E-state index in [1.54, 1.807) is 30.6 Å². The smallest absolute Gasteiger partial charge is 0.422 e. The van der Waals surface area contributed by atoms with Crippen LogP contribution in [-0.2, 0) is 0 Å². The highest BCUT2D eigenvalue weighted by Gasteiger charge is 2.28. The lowest BCUT2D eigenvalue weighted by Gasteiger charge is -2.10. The summed E-state index contributed by atoms with van der Waals surface area (Å²) in [4.78, 5) is 19.7. The van der Waals surface area contributed by atoms with Gasteiger partial charge in [-0.2, -0.15) is 13.2 Å². The van der Waals surface area contributed by atoms with E-state index in [-0.39, 0.29) is 11.4 Å². The van der Waals surface area contributed by atoms with Crippen LogP contribution in [0.3, 0.4) is 0 Å². The largest absolute Gasteiger partial charge is 0.484 e. The number of amides is 1. The molecule has 0 radical (unpaired) electrons. The number of rotatable bonds is 4. The standard InChI is InChI=1S/C17H12F3N3O2/c18-17(19,20)9-25-12-4-1-10(2-5-12)13-8-22-7-11-3-6-14(16(21)24)23-15(11)13/h1-8H,9H2,(H2,21,24). The van der Waals surface area contributed by atoms with E-state index in [1.165, 1.54) is 18.2 Å². The fraction of sp³-hybridized carbons (Fsp3) is 0.118. The predicted octanol–water partition coefficient (Wildman–Crippen LogP) is 3.34. The number of hydrogen-bond donors (Lipinski definition) is 1. The number of aromatic nitrogens is 2. The van der Waals surface area contributed by atoms with E-state index >= 15 is 0 Å². The zero-order valence-corrected chi connectivity index (χ0v) is 12.7.